The first-order chi connectivity index (χ1) is 12.8. The molecule has 1 aromatic carbocycles. The molecule has 0 saturated carbocycles. The summed E-state index contributed by atoms with van der Waals surface area (Å²) in [4.78, 5) is 2.48. The summed E-state index contributed by atoms with van der Waals surface area (Å²) in [6.07, 6.45) is 12.8. The molecule has 0 spiro atoms. The summed E-state index contributed by atoms with van der Waals surface area (Å²) in [6.45, 7) is 4.27. The maximum Gasteiger partial charge on any atom is 0.119 e. The number of hydrogen-bond donors (Lipinski definition) is 0. The van der Waals surface area contributed by atoms with Crippen LogP contribution in [0.3, 0.4) is 0 Å². The SMILES string of the molecule is COC1=CC=C2C(c3ccc(OCCN4CCCC4)cc3)=CCCC2C1. The van der Waals surface area contributed by atoms with Crippen LogP contribution in [-0.2, 0) is 4.74 Å². The van der Waals surface area contributed by atoms with E-state index in [0.717, 1.165) is 37.5 Å². The van der Waals surface area contributed by atoms with Crippen LogP contribution in [0.1, 0.15) is 37.7 Å². The number of likely N-dealkylation sites (tertiary alicyclic amines) is 1. The van der Waals surface area contributed by atoms with Gasteiger partial charge in [-0.25, -0.2) is 0 Å². The monoisotopic (exact) mass is 351 g/mol. The van der Waals surface area contributed by atoms with Crippen molar-refractivity contribution in [2.24, 2.45) is 5.92 Å². The normalized spacial score (nSPS) is 23.0. The molecule has 1 aliphatic heterocycles. The molecule has 0 bridgehead atoms. The molecule has 4 rings (SSSR count). The molecule has 1 fully saturated rings. The molecule has 3 aliphatic rings. The Balaban J connectivity index is 1.40. The average Bonchev–Trinajstić information content (AvgIpc) is 3.21. The van der Waals surface area contributed by atoms with E-state index in [1.807, 2.05) is 0 Å². The van der Waals surface area contributed by atoms with Gasteiger partial charge in [-0.2, -0.15) is 0 Å². The minimum atomic E-state index is 0.589. The average molecular weight is 351 g/mol. The van der Waals surface area contributed by atoms with Gasteiger partial charge >= 0.3 is 0 Å². The summed E-state index contributed by atoms with van der Waals surface area (Å²) >= 11 is 0. The van der Waals surface area contributed by atoms with Crippen LogP contribution < -0.4 is 4.74 Å². The quantitative estimate of drug-likeness (QED) is 0.734. The number of nitrogens with zero attached hydrogens (tertiary/aromatic N) is 1. The van der Waals surface area contributed by atoms with Gasteiger partial charge in [-0.05, 0) is 79.6 Å². The van der Waals surface area contributed by atoms with Gasteiger partial charge in [0.25, 0.3) is 0 Å². The van der Waals surface area contributed by atoms with Gasteiger partial charge < -0.3 is 9.47 Å². The second-order valence-corrected chi connectivity index (χ2v) is 7.48. The minimum absolute atomic E-state index is 0.589. The molecule has 3 heteroatoms. The summed E-state index contributed by atoms with van der Waals surface area (Å²) in [7, 11) is 1.77. The highest BCUT2D eigenvalue weighted by molar-refractivity contribution is 5.81. The fourth-order valence-electron chi connectivity index (χ4n) is 4.32. The molecule has 3 nitrogen and oxygen atoms in total. The van der Waals surface area contributed by atoms with Crippen molar-refractivity contribution in [2.45, 2.75) is 32.1 Å². The molecule has 0 aromatic heterocycles. The van der Waals surface area contributed by atoms with E-state index < -0.39 is 0 Å². The van der Waals surface area contributed by atoms with E-state index in [1.165, 1.54) is 49.1 Å². The molecular weight excluding hydrogens is 322 g/mol. The Hall–Kier alpha value is -2.00. The lowest BCUT2D eigenvalue weighted by Gasteiger charge is -2.29. The first kappa shape index (κ1) is 17.4. The first-order valence-electron chi connectivity index (χ1n) is 9.94. The van der Waals surface area contributed by atoms with Gasteiger partial charge in [0.05, 0.1) is 12.9 Å². The molecule has 2 aliphatic carbocycles. The van der Waals surface area contributed by atoms with Crippen LogP contribution in [0.5, 0.6) is 5.75 Å². The Labute approximate surface area is 157 Å². The molecule has 1 heterocycles. The van der Waals surface area contributed by atoms with E-state index in [1.54, 1.807) is 7.11 Å². The van der Waals surface area contributed by atoms with Crippen LogP contribution in [-0.4, -0.2) is 38.3 Å². The van der Waals surface area contributed by atoms with Crippen LogP contribution in [0.25, 0.3) is 5.57 Å². The Morgan fingerprint density at radius 1 is 1.08 bits per heavy atom. The molecular formula is C23H29NO2. The van der Waals surface area contributed by atoms with Gasteiger partial charge in [0.1, 0.15) is 12.4 Å². The molecule has 138 valence electrons. The number of methoxy groups -OCH3 is 1. The maximum atomic E-state index is 5.94. The van der Waals surface area contributed by atoms with Gasteiger partial charge in [0.2, 0.25) is 0 Å². The number of allylic oxidation sites excluding steroid dienone is 6. The molecule has 26 heavy (non-hydrogen) atoms. The van der Waals surface area contributed by atoms with Crippen LogP contribution >= 0.6 is 0 Å². The van der Waals surface area contributed by atoms with Gasteiger partial charge in [-0.3, -0.25) is 4.90 Å². The van der Waals surface area contributed by atoms with Gasteiger partial charge in [-0.15, -0.1) is 0 Å². The highest BCUT2D eigenvalue weighted by Crippen LogP contribution is 2.41. The predicted molar refractivity (Wildman–Crippen MR) is 106 cm³/mol. The second kappa shape index (κ2) is 8.13. The predicted octanol–water partition coefficient (Wildman–Crippen LogP) is 4.82. The van der Waals surface area contributed by atoms with Crippen molar-refractivity contribution in [1.82, 2.24) is 4.90 Å². The summed E-state index contributed by atoms with van der Waals surface area (Å²) in [6, 6.07) is 8.64. The van der Waals surface area contributed by atoms with Crippen LogP contribution in [0.4, 0.5) is 0 Å². The van der Waals surface area contributed by atoms with E-state index in [2.05, 4.69) is 47.4 Å². The number of hydrogen-bond acceptors (Lipinski definition) is 3. The Bertz CT molecular complexity index is 708. The van der Waals surface area contributed by atoms with Crippen molar-refractivity contribution >= 4 is 5.57 Å². The third-order valence-corrected chi connectivity index (χ3v) is 5.81. The third-order valence-electron chi connectivity index (χ3n) is 5.81. The zero-order valence-electron chi connectivity index (χ0n) is 15.7. The molecule has 1 saturated heterocycles. The van der Waals surface area contributed by atoms with E-state index in [0.29, 0.717) is 5.92 Å². The number of ether oxygens (including phenoxy) is 2. The fraction of sp³-hybridized carbons (Fsp3) is 0.478. The smallest absolute Gasteiger partial charge is 0.119 e. The van der Waals surface area contributed by atoms with Crippen LogP contribution in [0.15, 0.2) is 53.8 Å². The van der Waals surface area contributed by atoms with Crippen molar-refractivity contribution in [1.29, 1.82) is 0 Å². The third kappa shape index (κ3) is 3.88. The number of benzene rings is 1. The standard InChI is InChI=1S/C23H29NO2/c1-25-21-11-12-23-19(17-21)5-4-6-22(23)18-7-9-20(10-8-18)26-16-15-24-13-2-3-14-24/h6-12,19H,2-5,13-17H2,1H3. The van der Waals surface area contributed by atoms with Crippen molar-refractivity contribution in [3.8, 4) is 5.75 Å². The lowest BCUT2D eigenvalue weighted by Crippen LogP contribution is -2.25. The molecule has 0 radical (unpaired) electrons. The zero-order chi connectivity index (χ0) is 17.8. The summed E-state index contributed by atoms with van der Waals surface area (Å²) in [5.74, 6) is 2.66. The Morgan fingerprint density at radius 2 is 1.88 bits per heavy atom. The highest BCUT2D eigenvalue weighted by Gasteiger charge is 2.25. The Morgan fingerprint density at radius 3 is 2.65 bits per heavy atom. The van der Waals surface area contributed by atoms with Crippen molar-refractivity contribution in [2.75, 3.05) is 33.4 Å². The summed E-state index contributed by atoms with van der Waals surface area (Å²) in [5, 5.41) is 0. The second-order valence-electron chi connectivity index (χ2n) is 7.48. The van der Waals surface area contributed by atoms with Crippen LogP contribution in [0.2, 0.25) is 0 Å². The lowest BCUT2D eigenvalue weighted by atomic mass is 9.76. The van der Waals surface area contributed by atoms with Crippen molar-refractivity contribution < 1.29 is 9.47 Å². The number of fused-ring (bicyclic) bond motifs is 1. The fourth-order valence-corrected chi connectivity index (χ4v) is 4.32. The molecule has 1 aromatic rings. The zero-order valence-corrected chi connectivity index (χ0v) is 15.7. The number of rotatable bonds is 6. The van der Waals surface area contributed by atoms with Crippen molar-refractivity contribution in [3.63, 3.8) is 0 Å². The van der Waals surface area contributed by atoms with Gasteiger partial charge in [-0.1, -0.05) is 24.3 Å². The first-order valence-corrected chi connectivity index (χ1v) is 9.94. The molecule has 0 N–H and O–H groups in total. The minimum Gasteiger partial charge on any atom is -0.501 e. The summed E-state index contributed by atoms with van der Waals surface area (Å²) in [5.41, 5.74) is 4.14. The maximum absolute atomic E-state index is 5.94. The topological polar surface area (TPSA) is 21.7 Å². The highest BCUT2D eigenvalue weighted by atomic mass is 16.5. The van der Waals surface area contributed by atoms with Crippen LogP contribution in [0, 0.1) is 5.92 Å². The summed E-state index contributed by atoms with van der Waals surface area (Å²) < 4.78 is 11.4. The van der Waals surface area contributed by atoms with Gasteiger partial charge in [0.15, 0.2) is 0 Å². The van der Waals surface area contributed by atoms with E-state index >= 15 is 0 Å². The molecule has 1 unspecified atom stereocenters. The van der Waals surface area contributed by atoms with Crippen molar-refractivity contribution in [3.05, 3.63) is 59.4 Å². The van der Waals surface area contributed by atoms with Gasteiger partial charge in [0, 0.05) is 13.0 Å². The van der Waals surface area contributed by atoms with E-state index in [4.69, 9.17) is 9.47 Å². The van der Waals surface area contributed by atoms with E-state index in [9.17, 15) is 0 Å². The lowest BCUT2D eigenvalue weighted by molar-refractivity contribution is 0.238. The molecule has 0 amide bonds. The van der Waals surface area contributed by atoms with E-state index in [-0.39, 0.29) is 0 Å². The molecule has 1 atom stereocenters. The Kier molecular flexibility index (Phi) is 5.45. The largest absolute Gasteiger partial charge is 0.501 e.